The molecule has 4 heteroatoms. The lowest BCUT2D eigenvalue weighted by Gasteiger charge is -2.25. The molecule has 0 aliphatic carbocycles. The first-order valence-corrected chi connectivity index (χ1v) is 7.64. The molecule has 0 bridgehead atoms. The van der Waals surface area contributed by atoms with Crippen LogP contribution in [-0.4, -0.2) is 40.4 Å². The minimum Gasteiger partial charge on any atom is -0.313 e. The van der Waals surface area contributed by atoms with E-state index in [4.69, 9.17) is 0 Å². The lowest BCUT2D eigenvalue weighted by atomic mass is 10.2. The van der Waals surface area contributed by atoms with Crippen LogP contribution in [0.2, 0.25) is 0 Å². The largest absolute Gasteiger partial charge is 0.313 e. The van der Waals surface area contributed by atoms with Crippen LogP contribution in [0.15, 0.2) is 6.07 Å². The number of nitrogens with one attached hydrogen (secondary N) is 1. The standard InChI is InChI=1S/C15H28N4/c1-4-5-9-19(11-14-7-6-8-16-14)12-15-10-13(2)17-18(15)3/h10,14,16H,4-9,11-12H2,1-3H3. The van der Waals surface area contributed by atoms with Gasteiger partial charge in [0.25, 0.3) is 0 Å². The highest BCUT2D eigenvalue weighted by Gasteiger charge is 2.18. The van der Waals surface area contributed by atoms with Gasteiger partial charge in [0, 0.05) is 26.2 Å². The van der Waals surface area contributed by atoms with Gasteiger partial charge in [0.2, 0.25) is 0 Å². The number of hydrogen-bond donors (Lipinski definition) is 1. The fourth-order valence-corrected chi connectivity index (χ4v) is 2.88. The second kappa shape index (κ2) is 7.06. The van der Waals surface area contributed by atoms with Crippen molar-refractivity contribution < 1.29 is 0 Å². The summed E-state index contributed by atoms with van der Waals surface area (Å²) in [5.74, 6) is 0. The molecule has 1 aromatic rings. The Kier molecular flexibility index (Phi) is 5.40. The molecule has 1 aliphatic rings. The summed E-state index contributed by atoms with van der Waals surface area (Å²) in [4.78, 5) is 2.59. The van der Waals surface area contributed by atoms with Crippen molar-refractivity contribution in [2.75, 3.05) is 19.6 Å². The van der Waals surface area contributed by atoms with E-state index in [1.165, 1.54) is 51.0 Å². The summed E-state index contributed by atoms with van der Waals surface area (Å²) in [6, 6.07) is 2.90. The van der Waals surface area contributed by atoms with Crippen LogP contribution in [0.3, 0.4) is 0 Å². The number of hydrogen-bond acceptors (Lipinski definition) is 3. The summed E-state index contributed by atoms with van der Waals surface area (Å²) >= 11 is 0. The second-order valence-electron chi connectivity index (χ2n) is 5.78. The Balaban J connectivity index is 1.93. The molecule has 1 aromatic heterocycles. The van der Waals surface area contributed by atoms with Crippen molar-refractivity contribution in [3.8, 4) is 0 Å². The van der Waals surface area contributed by atoms with Gasteiger partial charge in [-0.05, 0) is 45.3 Å². The Hall–Kier alpha value is -0.870. The van der Waals surface area contributed by atoms with E-state index in [0.29, 0.717) is 6.04 Å². The fourth-order valence-electron chi connectivity index (χ4n) is 2.88. The molecular formula is C15H28N4. The Morgan fingerprint density at radius 2 is 2.37 bits per heavy atom. The van der Waals surface area contributed by atoms with Gasteiger partial charge >= 0.3 is 0 Å². The molecule has 1 aliphatic heterocycles. The van der Waals surface area contributed by atoms with E-state index in [9.17, 15) is 0 Å². The van der Waals surface area contributed by atoms with Gasteiger partial charge in [0.15, 0.2) is 0 Å². The van der Waals surface area contributed by atoms with Crippen molar-refractivity contribution >= 4 is 0 Å². The SMILES string of the molecule is CCCCN(Cc1cc(C)nn1C)CC1CCCN1. The fraction of sp³-hybridized carbons (Fsp3) is 0.800. The van der Waals surface area contributed by atoms with Crippen LogP contribution in [0.1, 0.15) is 44.0 Å². The van der Waals surface area contributed by atoms with Crippen LogP contribution in [0.25, 0.3) is 0 Å². The zero-order valence-electron chi connectivity index (χ0n) is 12.7. The lowest BCUT2D eigenvalue weighted by Crippen LogP contribution is -2.38. The highest BCUT2D eigenvalue weighted by Crippen LogP contribution is 2.12. The molecule has 0 amide bonds. The highest BCUT2D eigenvalue weighted by atomic mass is 15.3. The molecule has 0 radical (unpaired) electrons. The molecular weight excluding hydrogens is 236 g/mol. The number of aryl methyl sites for hydroxylation is 2. The van der Waals surface area contributed by atoms with Crippen LogP contribution >= 0.6 is 0 Å². The molecule has 19 heavy (non-hydrogen) atoms. The Bertz CT molecular complexity index is 379. The molecule has 0 aromatic carbocycles. The van der Waals surface area contributed by atoms with Gasteiger partial charge in [-0.2, -0.15) is 5.10 Å². The lowest BCUT2D eigenvalue weighted by molar-refractivity contribution is 0.232. The van der Waals surface area contributed by atoms with Crippen molar-refractivity contribution in [3.63, 3.8) is 0 Å². The van der Waals surface area contributed by atoms with Crippen molar-refractivity contribution in [2.24, 2.45) is 7.05 Å². The third-order valence-corrected chi connectivity index (χ3v) is 3.95. The van der Waals surface area contributed by atoms with Gasteiger partial charge in [-0.1, -0.05) is 13.3 Å². The molecule has 1 fully saturated rings. The van der Waals surface area contributed by atoms with Gasteiger partial charge < -0.3 is 5.32 Å². The molecule has 0 spiro atoms. The molecule has 1 saturated heterocycles. The summed E-state index contributed by atoms with van der Waals surface area (Å²) in [6.07, 6.45) is 5.20. The number of unbranched alkanes of at least 4 members (excludes halogenated alkanes) is 1. The Morgan fingerprint density at radius 3 is 2.95 bits per heavy atom. The topological polar surface area (TPSA) is 33.1 Å². The molecule has 1 N–H and O–H groups in total. The van der Waals surface area contributed by atoms with E-state index in [0.717, 1.165) is 12.2 Å². The minimum atomic E-state index is 0.686. The highest BCUT2D eigenvalue weighted by molar-refractivity contribution is 5.08. The molecule has 2 rings (SSSR count). The van der Waals surface area contributed by atoms with Crippen LogP contribution in [0.4, 0.5) is 0 Å². The van der Waals surface area contributed by atoms with E-state index in [1.54, 1.807) is 0 Å². The van der Waals surface area contributed by atoms with Crippen molar-refractivity contribution in [2.45, 2.75) is 52.1 Å². The predicted molar refractivity (Wildman–Crippen MR) is 79.2 cm³/mol. The minimum absolute atomic E-state index is 0.686. The quantitative estimate of drug-likeness (QED) is 0.818. The number of nitrogens with zero attached hydrogens (tertiary/aromatic N) is 3. The van der Waals surface area contributed by atoms with E-state index in [-0.39, 0.29) is 0 Å². The monoisotopic (exact) mass is 264 g/mol. The summed E-state index contributed by atoms with van der Waals surface area (Å²) in [6.45, 7) is 8.91. The molecule has 108 valence electrons. The summed E-state index contributed by atoms with van der Waals surface area (Å²) in [5.41, 5.74) is 2.44. The van der Waals surface area contributed by atoms with Gasteiger partial charge in [-0.15, -0.1) is 0 Å². The summed E-state index contributed by atoms with van der Waals surface area (Å²) in [7, 11) is 2.05. The van der Waals surface area contributed by atoms with Gasteiger partial charge in [0.1, 0.15) is 0 Å². The maximum Gasteiger partial charge on any atom is 0.0597 e. The third kappa shape index (κ3) is 4.32. The average Bonchev–Trinajstić information content (AvgIpc) is 2.97. The first-order chi connectivity index (χ1) is 9.19. The normalized spacial score (nSPS) is 19.5. The smallest absolute Gasteiger partial charge is 0.0597 e. The zero-order chi connectivity index (χ0) is 13.7. The van der Waals surface area contributed by atoms with Crippen molar-refractivity contribution in [1.82, 2.24) is 20.0 Å². The van der Waals surface area contributed by atoms with E-state index in [1.807, 2.05) is 11.7 Å². The first kappa shape index (κ1) is 14.5. The first-order valence-electron chi connectivity index (χ1n) is 7.64. The van der Waals surface area contributed by atoms with E-state index in [2.05, 4.69) is 35.2 Å². The van der Waals surface area contributed by atoms with Crippen LogP contribution in [-0.2, 0) is 13.6 Å². The Labute approximate surface area is 117 Å². The second-order valence-corrected chi connectivity index (χ2v) is 5.78. The van der Waals surface area contributed by atoms with Crippen LogP contribution < -0.4 is 5.32 Å². The van der Waals surface area contributed by atoms with Gasteiger partial charge in [-0.25, -0.2) is 0 Å². The molecule has 1 atom stereocenters. The Morgan fingerprint density at radius 1 is 1.53 bits per heavy atom. The molecule has 1 unspecified atom stereocenters. The predicted octanol–water partition coefficient (Wildman–Crippen LogP) is 2.08. The van der Waals surface area contributed by atoms with Gasteiger partial charge in [0.05, 0.1) is 11.4 Å². The third-order valence-electron chi connectivity index (χ3n) is 3.95. The van der Waals surface area contributed by atoms with E-state index < -0.39 is 0 Å². The van der Waals surface area contributed by atoms with Crippen LogP contribution in [0, 0.1) is 6.92 Å². The maximum absolute atomic E-state index is 4.45. The van der Waals surface area contributed by atoms with E-state index >= 15 is 0 Å². The number of aromatic nitrogens is 2. The maximum atomic E-state index is 4.45. The summed E-state index contributed by atoms with van der Waals surface area (Å²) < 4.78 is 2.02. The average molecular weight is 264 g/mol. The van der Waals surface area contributed by atoms with Crippen molar-refractivity contribution in [1.29, 1.82) is 0 Å². The van der Waals surface area contributed by atoms with Crippen LogP contribution in [0.5, 0.6) is 0 Å². The zero-order valence-corrected chi connectivity index (χ0v) is 12.7. The summed E-state index contributed by atoms with van der Waals surface area (Å²) in [5, 5.41) is 8.06. The molecule has 2 heterocycles. The van der Waals surface area contributed by atoms with Crippen molar-refractivity contribution in [3.05, 3.63) is 17.5 Å². The molecule has 4 nitrogen and oxygen atoms in total. The molecule has 0 saturated carbocycles. The number of rotatable bonds is 7. The van der Waals surface area contributed by atoms with Gasteiger partial charge in [-0.3, -0.25) is 9.58 Å².